The number of aliphatic carboxylic acids is 1. The summed E-state index contributed by atoms with van der Waals surface area (Å²) in [5, 5.41) is 11.5. The number of nitrogens with zero attached hydrogens (tertiary/aromatic N) is 1. The first-order valence-corrected chi connectivity index (χ1v) is 4.79. The molecule has 0 heterocycles. The first-order valence-electron chi connectivity index (χ1n) is 4.79. The van der Waals surface area contributed by atoms with Crippen molar-refractivity contribution in [3.05, 3.63) is 29.8 Å². The smallest absolute Gasteiger partial charge is 0.323 e. The molecule has 0 saturated heterocycles. The van der Waals surface area contributed by atoms with Crippen LogP contribution in [0.15, 0.2) is 24.3 Å². The van der Waals surface area contributed by atoms with Crippen LogP contribution in [0.2, 0.25) is 0 Å². The number of benzene rings is 1. The lowest BCUT2D eigenvalue weighted by Crippen LogP contribution is -2.31. The van der Waals surface area contributed by atoms with Gasteiger partial charge in [0.15, 0.2) is 0 Å². The van der Waals surface area contributed by atoms with Crippen molar-refractivity contribution in [1.29, 1.82) is 0 Å². The van der Waals surface area contributed by atoms with Crippen molar-refractivity contribution in [2.24, 2.45) is 0 Å². The van der Waals surface area contributed by atoms with Crippen LogP contribution in [0.5, 0.6) is 0 Å². The second kappa shape index (κ2) is 5.16. The van der Waals surface area contributed by atoms with Crippen molar-refractivity contribution in [3.63, 3.8) is 0 Å². The number of likely N-dealkylation sites (N-methyl/N-ethyl adjacent to an activating group) is 1. The molecule has 1 aromatic rings. The lowest BCUT2D eigenvalue weighted by molar-refractivity contribution is -0.137. The van der Waals surface area contributed by atoms with Crippen molar-refractivity contribution >= 4 is 17.6 Å². The van der Waals surface area contributed by atoms with Crippen LogP contribution in [0, 0.1) is 0 Å². The minimum atomic E-state index is -1.03. The number of hydrogen-bond donors (Lipinski definition) is 2. The minimum absolute atomic E-state index is 0.303. The maximum Gasteiger partial charge on any atom is 0.323 e. The Bertz CT molecular complexity index is 404. The van der Waals surface area contributed by atoms with Crippen molar-refractivity contribution in [3.8, 4) is 0 Å². The fourth-order valence-corrected chi connectivity index (χ4v) is 1.30. The summed E-state index contributed by atoms with van der Waals surface area (Å²) in [5.41, 5.74) is 1.28. The molecule has 16 heavy (non-hydrogen) atoms. The number of carbonyl (C=O) groups excluding carboxylic acids is 1. The van der Waals surface area contributed by atoms with Gasteiger partial charge in [0.1, 0.15) is 6.54 Å². The van der Waals surface area contributed by atoms with Gasteiger partial charge in [-0.3, -0.25) is 9.59 Å². The molecule has 0 aliphatic heterocycles. The van der Waals surface area contributed by atoms with E-state index in [4.69, 9.17) is 5.11 Å². The summed E-state index contributed by atoms with van der Waals surface area (Å²) in [5.74, 6) is -1.33. The molecule has 1 rings (SSSR count). The van der Waals surface area contributed by atoms with E-state index in [1.54, 1.807) is 25.2 Å². The van der Waals surface area contributed by atoms with Crippen LogP contribution < -0.4 is 5.32 Å². The normalized spacial score (nSPS) is 9.62. The monoisotopic (exact) mass is 222 g/mol. The van der Waals surface area contributed by atoms with Gasteiger partial charge in [-0.25, -0.2) is 0 Å². The maximum atomic E-state index is 11.8. The van der Waals surface area contributed by atoms with Gasteiger partial charge in [0.2, 0.25) is 0 Å². The van der Waals surface area contributed by atoms with Gasteiger partial charge in [-0.2, -0.15) is 0 Å². The van der Waals surface area contributed by atoms with Gasteiger partial charge in [-0.15, -0.1) is 0 Å². The van der Waals surface area contributed by atoms with Gasteiger partial charge in [0.05, 0.1) is 0 Å². The standard InChI is InChI=1S/C11H14N2O3/c1-12-9-5-3-4-8(6-9)11(16)13(2)7-10(14)15/h3-6,12H,7H2,1-2H3,(H,14,15). The van der Waals surface area contributed by atoms with E-state index < -0.39 is 5.97 Å². The van der Waals surface area contributed by atoms with Crippen LogP contribution in [-0.4, -0.2) is 42.5 Å². The molecule has 0 unspecified atom stereocenters. The Morgan fingerprint density at radius 2 is 2.12 bits per heavy atom. The highest BCUT2D eigenvalue weighted by Crippen LogP contribution is 2.11. The Hall–Kier alpha value is -2.04. The van der Waals surface area contributed by atoms with Crippen molar-refractivity contribution in [2.75, 3.05) is 26.0 Å². The highest BCUT2D eigenvalue weighted by molar-refractivity contribution is 5.96. The van der Waals surface area contributed by atoms with Crippen molar-refractivity contribution in [2.45, 2.75) is 0 Å². The number of amides is 1. The average Bonchev–Trinajstić information content (AvgIpc) is 2.27. The molecule has 2 N–H and O–H groups in total. The summed E-state index contributed by atoms with van der Waals surface area (Å²) in [7, 11) is 3.22. The molecule has 5 heteroatoms. The molecule has 0 aliphatic carbocycles. The molecule has 0 saturated carbocycles. The molecule has 1 amide bonds. The first kappa shape index (κ1) is 12.0. The highest BCUT2D eigenvalue weighted by atomic mass is 16.4. The first-order chi connectivity index (χ1) is 7.54. The van der Waals surface area contributed by atoms with Crippen LogP contribution in [0.25, 0.3) is 0 Å². The van der Waals surface area contributed by atoms with E-state index >= 15 is 0 Å². The summed E-state index contributed by atoms with van der Waals surface area (Å²) in [6.45, 7) is -0.303. The molecule has 0 aliphatic rings. The Kier molecular flexibility index (Phi) is 3.88. The molecule has 0 aromatic heterocycles. The van der Waals surface area contributed by atoms with Gasteiger partial charge in [0.25, 0.3) is 5.91 Å². The summed E-state index contributed by atoms with van der Waals surface area (Å²) >= 11 is 0. The maximum absolute atomic E-state index is 11.8. The van der Waals surface area contributed by atoms with Gasteiger partial charge in [-0.1, -0.05) is 6.07 Å². The van der Waals surface area contributed by atoms with E-state index in [0.29, 0.717) is 5.56 Å². The summed E-state index contributed by atoms with van der Waals surface area (Å²) in [6.07, 6.45) is 0. The van der Waals surface area contributed by atoms with Crippen LogP contribution in [0.1, 0.15) is 10.4 Å². The number of rotatable bonds is 4. The molecule has 0 atom stereocenters. The SMILES string of the molecule is CNc1cccc(C(=O)N(C)CC(=O)O)c1. The second-order valence-corrected chi connectivity index (χ2v) is 3.39. The lowest BCUT2D eigenvalue weighted by Gasteiger charge is -2.14. The van der Waals surface area contributed by atoms with Gasteiger partial charge >= 0.3 is 5.97 Å². The van der Waals surface area contributed by atoms with E-state index in [-0.39, 0.29) is 12.5 Å². The van der Waals surface area contributed by atoms with Gasteiger partial charge in [0, 0.05) is 25.3 Å². The van der Waals surface area contributed by atoms with E-state index in [1.165, 1.54) is 7.05 Å². The molecular formula is C11H14N2O3. The zero-order valence-electron chi connectivity index (χ0n) is 9.23. The van der Waals surface area contributed by atoms with Gasteiger partial charge in [-0.05, 0) is 18.2 Å². The summed E-state index contributed by atoms with van der Waals surface area (Å²) < 4.78 is 0. The topological polar surface area (TPSA) is 69.6 Å². The highest BCUT2D eigenvalue weighted by Gasteiger charge is 2.14. The fourth-order valence-electron chi connectivity index (χ4n) is 1.30. The zero-order chi connectivity index (χ0) is 12.1. The van der Waals surface area contributed by atoms with E-state index in [2.05, 4.69) is 5.32 Å². The Morgan fingerprint density at radius 1 is 1.44 bits per heavy atom. The third-order valence-corrected chi connectivity index (χ3v) is 2.12. The third-order valence-electron chi connectivity index (χ3n) is 2.12. The van der Waals surface area contributed by atoms with E-state index in [0.717, 1.165) is 10.6 Å². The quantitative estimate of drug-likeness (QED) is 0.793. The lowest BCUT2D eigenvalue weighted by atomic mass is 10.2. The van der Waals surface area contributed by atoms with Crippen LogP contribution in [0.4, 0.5) is 5.69 Å². The molecular weight excluding hydrogens is 208 g/mol. The van der Waals surface area contributed by atoms with E-state index in [9.17, 15) is 9.59 Å². The number of hydrogen-bond acceptors (Lipinski definition) is 3. The average molecular weight is 222 g/mol. The predicted molar refractivity (Wildman–Crippen MR) is 60.6 cm³/mol. The Morgan fingerprint density at radius 3 is 2.69 bits per heavy atom. The largest absolute Gasteiger partial charge is 0.480 e. The zero-order valence-corrected chi connectivity index (χ0v) is 9.23. The third kappa shape index (κ3) is 2.98. The molecule has 1 aromatic carbocycles. The molecule has 0 radical (unpaired) electrons. The van der Waals surface area contributed by atoms with Crippen molar-refractivity contribution in [1.82, 2.24) is 4.90 Å². The number of nitrogens with one attached hydrogen (secondary N) is 1. The van der Waals surface area contributed by atoms with Crippen LogP contribution >= 0.6 is 0 Å². The molecule has 5 nitrogen and oxygen atoms in total. The van der Waals surface area contributed by atoms with Crippen LogP contribution in [-0.2, 0) is 4.79 Å². The fraction of sp³-hybridized carbons (Fsp3) is 0.273. The number of carbonyl (C=O) groups is 2. The molecule has 0 fully saturated rings. The molecule has 0 spiro atoms. The predicted octanol–water partition coefficient (Wildman–Crippen LogP) is 0.885. The number of carboxylic acids is 1. The van der Waals surface area contributed by atoms with Crippen molar-refractivity contribution < 1.29 is 14.7 Å². The van der Waals surface area contributed by atoms with E-state index in [1.807, 2.05) is 6.07 Å². The minimum Gasteiger partial charge on any atom is -0.480 e. The summed E-state index contributed by atoms with van der Waals surface area (Å²) in [6, 6.07) is 6.91. The molecule has 0 bridgehead atoms. The Labute approximate surface area is 93.7 Å². The van der Waals surface area contributed by atoms with Crippen LogP contribution in [0.3, 0.4) is 0 Å². The summed E-state index contributed by atoms with van der Waals surface area (Å²) in [4.78, 5) is 23.4. The second-order valence-electron chi connectivity index (χ2n) is 3.39. The number of carboxylic acid groups (broad SMARTS) is 1. The Balaban J connectivity index is 2.83. The molecule has 86 valence electrons. The van der Waals surface area contributed by atoms with Gasteiger partial charge < -0.3 is 15.3 Å². The number of anilines is 1.